The van der Waals surface area contributed by atoms with Crippen LogP contribution in [0, 0.1) is 19.7 Å². The van der Waals surface area contributed by atoms with Crippen LogP contribution in [-0.4, -0.2) is 47.2 Å². The van der Waals surface area contributed by atoms with Crippen molar-refractivity contribution < 1.29 is 9.18 Å². The molecule has 0 radical (unpaired) electrons. The second-order valence-electron chi connectivity index (χ2n) is 9.02. The molecule has 1 aliphatic heterocycles. The molecule has 4 aromatic heterocycles. The maximum absolute atomic E-state index is 15.5. The Morgan fingerprint density at radius 3 is 2.72 bits per heavy atom. The molecule has 1 aliphatic rings. The monoisotopic (exact) mass is 486 g/mol. The van der Waals surface area contributed by atoms with Crippen LogP contribution < -0.4 is 10.9 Å². The van der Waals surface area contributed by atoms with Crippen molar-refractivity contribution in [2.24, 2.45) is 0 Å². The van der Waals surface area contributed by atoms with Crippen LogP contribution in [0.3, 0.4) is 0 Å². The SMILES string of the molecule is CNC(=O)c1ccc(-n2nc3c(c2C)CN(Cc2ccc4c([nH]c(=O)c5c(C)cnn54)c2F)C3)cn1. The molecule has 182 valence electrons. The van der Waals surface area contributed by atoms with E-state index in [-0.39, 0.29) is 17.0 Å². The average molecular weight is 487 g/mol. The molecule has 6 rings (SSSR count). The quantitative estimate of drug-likeness (QED) is 0.403. The molecule has 0 spiro atoms. The summed E-state index contributed by atoms with van der Waals surface area (Å²) in [6.45, 7) is 5.35. The topological polar surface area (TPSA) is 113 Å². The van der Waals surface area contributed by atoms with Crippen molar-refractivity contribution in [3.8, 4) is 5.69 Å². The number of carbonyl (C=O) groups excluding carboxylic acids is 1. The Labute approximate surface area is 204 Å². The van der Waals surface area contributed by atoms with E-state index in [2.05, 4.69) is 25.3 Å². The van der Waals surface area contributed by atoms with Gasteiger partial charge in [0.15, 0.2) is 5.82 Å². The first-order chi connectivity index (χ1) is 17.4. The third-order valence-corrected chi connectivity index (χ3v) is 6.76. The third kappa shape index (κ3) is 3.31. The van der Waals surface area contributed by atoms with Gasteiger partial charge in [-0.05, 0) is 32.0 Å². The van der Waals surface area contributed by atoms with Crippen molar-refractivity contribution in [2.75, 3.05) is 7.05 Å². The number of H-pyrrole nitrogens is 1. The number of halogens is 1. The molecule has 36 heavy (non-hydrogen) atoms. The Kier molecular flexibility index (Phi) is 4.97. The molecule has 0 fully saturated rings. The predicted octanol–water partition coefficient (Wildman–Crippen LogP) is 2.39. The minimum absolute atomic E-state index is 0.152. The standard InChI is InChI=1S/C25H23FN8O2/c1-13-8-29-34-20-7-4-15(21(26)22(20)30-25(36)23(13)34)10-32-11-17-14(2)33(31-19(17)12-32)16-5-6-18(28-9-16)24(35)27-3/h4-9H,10-12H2,1-3H3,(H,27,35)(H,30,36). The first kappa shape index (κ1) is 22.1. The summed E-state index contributed by atoms with van der Waals surface area (Å²) in [6, 6.07) is 7.01. The predicted molar refractivity (Wildman–Crippen MR) is 130 cm³/mol. The van der Waals surface area contributed by atoms with Gasteiger partial charge >= 0.3 is 0 Å². The van der Waals surface area contributed by atoms with Gasteiger partial charge in [-0.2, -0.15) is 10.2 Å². The van der Waals surface area contributed by atoms with Crippen LogP contribution in [0.5, 0.6) is 0 Å². The fraction of sp³-hybridized carbons (Fsp3) is 0.240. The number of nitrogens with zero attached hydrogens (tertiary/aromatic N) is 6. The van der Waals surface area contributed by atoms with E-state index in [1.165, 1.54) is 4.52 Å². The summed E-state index contributed by atoms with van der Waals surface area (Å²) in [5, 5.41) is 11.6. The summed E-state index contributed by atoms with van der Waals surface area (Å²) in [6.07, 6.45) is 3.23. The summed E-state index contributed by atoms with van der Waals surface area (Å²) in [5.74, 6) is -0.695. The molecular weight excluding hydrogens is 463 g/mol. The van der Waals surface area contributed by atoms with Crippen LogP contribution in [0.1, 0.15) is 38.6 Å². The number of nitrogens with one attached hydrogen (secondary N) is 2. The number of rotatable bonds is 4. The molecule has 0 aliphatic carbocycles. The number of aromatic amines is 1. The smallest absolute Gasteiger partial charge is 0.274 e. The van der Waals surface area contributed by atoms with Crippen LogP contribution in [0.25, 0.3) is 22.2 Å². The highest BCUT2D eigenvalue weighted by molar-refractivity contribution is 5.92. The van der Waals surface area contributed by atoms with Crippen molar-refractivity contribution in [1.82, 2.24) is 39.6 Å². The zero-order valence-corrected chi connectivity index (χ0v) is 20.0. The Morgan fingerprint density at radius 2 is 2.00 bits per heavy atom. The van der Waals surface area contributed by atoms with Gasteiger partial charge in [0.05, 0.1) is 29.3 Å². The molecule has 1 amide bonds. The van der Waals surface area contributed by atoms with Gasteiger partial charge in [-0.15, -0.1) is 0 Å². The van der Waals surface area contributed by atoms with Gasteiger partial charge in [-0.1, -0.05) is 6.07 Å². The Morgan fingerprint density at radius 1 is 1.17 bits per heavy atom. The molecule has 5 aromatic rings. The van der Waals surface area contributed by atoms with Gasteiger partial charge in [0, 0.05) is 49.1 Å². The van der Waals surface area contributed by atoms with E-state index in [0.717, 1.165) is 28.2 Å². The van der Waals surface area contributed by atoms with Gasteiger partial charge in [0.1, 0.15) is 16.7 Å². The molecule has 2 N–H and O–H groups in total. The van der Waals surface area contributed by atoms with Crippen LogP contribution >= 0.6 is 0 Å². The second-order valence-corrected chi connectivity index (χ2v) is 9.02. The van der Waals surface area contributed by atoms with Crippen molar-refractivity contribution >= 4 is 22.5 Å². The minimum Gasteiger partial charge on any atom is -0.354 e. The number of pyridine rings is 1. The summed E-state index contributed by atoms with van der Waals surface area (Å²) >= 11 is 0. The van der Waals surface area contributed by atoms with Crippen molar-refractivity contribution in [2.45, 2.75) is 33.5 Å². The molecular formula is C25H23FN8O2. The molecule has 0 bridgehead atoms. The summed E-state index contributed by atoms with van der Waals surface area (Å²) < 4.78 is 18.8. The van der Waals surface area contributed by atoms with Crippen LogP contribution in [0.15, 0.2) is 41.5 Å². The van der Waals surface area contributed by atoms with E-state index in [9.17, 15) is 9.59 Å². The normalized spacial score (nSPS) is 13.6. The lowest BCUT2D eigenvalue weighted by Gasteiger charge is -2.17. The molecule has 1 aromatic carbocycles. The number of fused-ring (bicyclic) bond motifs is 4. The second kappa shape index (κ2) is 8.09. The molecule has 10 nitrogen and oxygen atoms in total. The van der Waals surface area contributed by atoms with E-state index < -0.39 is 5.82 Å². The van der Waals surface area contributed by atoms with E-state index in [4.69, 9.17) is 5.10 Å². The summed E-state index contributed by atoms with van der Waals surface area (Å²) in [4.78, 5) is 33.3. The number of amides is 1. The highest BCUT2D eigenvalue weighted by atomic mass is 19.1. The molecule has 0 saturated heterocycles. The van der Waals surface area contributed by atoms with Crippen LogP contribution in [0.2, 0.25) is 0 Å². The Balaban J connectivity index is 1.26. The first-order valence-electron chi connectivity index (χ1n) is 11.5. The largest absolute Gasteiger partial charge is 0.354 e. The lowest BCUT2D eigenvalue weighted by molar-refractivity contribution is 0.0958. The number of aromatic nitrogens is 6. The highest BCUT2D eigenvalue weighted by Gasteiger charge is 2.27. The fourth-order valence-corrected chi connectivity index (χ4v) is 4.88. The van der Waals surface area contributed by atoms with Gasteiger partial charge in [-0.25, -0.2) is 18.6 Å². The van der Waals surface area contributed by atoms with E-state index in [0.29, 0.717) is 41.9 Å². The summed E-state index contributed by atoms with van der Waals surface area (Å²) in [7, 11) is 1.56. The lowest BCUT2D eigenvalue weighted by atomic mass is 10.1. The third-order valence-electron chi connectivity index (χ3n) is 6.76. The minimum atomic E-state index is -0.451. The fourth-order valence-electron chi connectivity index (χ4n) is 4.88. The van der Waals surface area contributed by atoms with Gasteiger partial charge in [-0.3, -0.25) is 14.5 Å². The van der Waals surface area contributed by atoms with Crippen LogP contribution in [-0.2, 0) is 19.6 Å². The van der Waals surface area contributed by atoms with E-state index in [1.54, 1.807) is 44.6 Å². The van der Waals surface area contributed by atoms with E-state index in [1.807, 2.05) is 17.7 Å². The number of aryl methyl sites for hydroxylation is 1. The van der Waals surface area contributed by atoms with Crippen molar-refractivity contribution in [1.29, 1.82) is 0 Å². The van der Waals surface area contributed by atoms with Crippen LogP contribution in [0.4, 0.5) is 4.39 Å². The zero-order valence-electron chi connectivity index (χ0n) is 20.0. The molecule has 0 atom stereocenters. The first-order valence-corrected chi connectivity index (χ1v) is 11.5. The Bertz CT molecular complexity index is 1730. The lowest BCUT2D eigenvalue weighted by Crippen LogP contribution is -2.20. The van der Waals surface area contributed by atoms with Crippen molar-refractivity contribution in [3.63, 3.8) is 0 Å². The van der Waals surface area contributed by atoms with E-state index >= 15 is 4.39 Å². The molecule has 0 unspecified atom stereocenters. The van der Waals surface area contributed by atoms with Gasteiger partial charge < -0.3 is 10.3 Å². The number of hydrogen-bond donors (Lipinski definition) is 2. The maximum Gasteiger partial charge on any atom is 0.274 e. The van der Waals surface area contributed by atoms with Gasteiger partial charge in [0.25, 0.3) is 11.5 Å². The molecule has 11 heteroatoms. The zero-order chi connectivity index (χ0) is 25.1. The number of carbonyl (C=O) groups is 1. The highest BCUT2D eigenvalue weighted by Crippen LogP contribution is 2.29. The average Bonchev–Trinajstić information content (AvgIpc) is 3.55. The van der Waals surface area contributed by atoms with Gasteiger partial charge in [0.2, 0.25) is 0 Å². The molecule has 0 saturated carbocycles. The summed E-state index contributed by atoms with van der Waals surface area (Å²) in [5.41, 5.74) is 6.06. The van der Waals surface area contributed by atoms with Crippen molar-refractivity contribution in [3.05, 3.63) is 86.6 Å². The Hall–Kier alpha value is -4.38. The number of hydrogen-bond acceptors (Lipinski definition) is 6. The molecule has 5 heterocycles. The number of benzene rings is 1. The maximum atomic E-state index is 15.5.